The fourth-order valence-corrected chi connectivity index (χ4v) is 3.48. The number of alkyl halides is 1. The number of aryl methyl sites for hydroxylation is 1. The zero-order chi connectivity index (χ0) is 14.0. The first-order valence-corrected chi connectivity index (χ1v) is 7.53. The van der Waals surface area contributed by atoms with Crippen molar-refractivity contribution in [2.75, 3.05) is 0 Å². The molecule has 0 aromatic heterocycles. The lowest BCUT2D eigenvalue weighted by molar-refractivity contribution is 0.554. The van der Waals surface area contributed by atoms with Crippen LogP contribution in [0.2, 0.25) is 0 Å². The van der Waals surface area contributed by atoms with Crippen LogP contribution in [0, 0.1) is 18.6 Å². The summed E-state index contributed by atoms with van der Waals surface area (Å²) in [5, 5.41) is 0. The maximum Gasteiger partial charge on any atom is 0.129 e. The van der Waals surface area contributed by atoms with Crippen molar-refractivity contribution in [3.05, 3.63) is 69.2 Å². The van der Waals surface area contributed by atoms with Crippen molar-refractivity contribution in [3.8, 4) is 0 Å². The number of benzene rings is 2. The second-order valence-electron chi connectivity index (χ2n) is 4.35. The van der Waals surface area contributed by atoms with Crippen LogP contribution >= 0.6 is 31.9 Å². The second kappa shape index (κ2) is 6.14. The minimum Gasteiger partial charge on any atom is -0.207 e. The van der Waals surface area contributed by atoms with Crippen LogP contribution < -0.4 is 0 Å². The maximum atomic E-state index is 13.6. The van der Waals surface area contributed by atoms with Gasteiger partial charge in [0.05, 0.1) is 0 Å². The first kappa shape index (κ1) is 14.7. The molecule has 0 radical (unpaired) electrons. The molecule has 0 saturated carbocycles. The number of hydrogen-bond acceptors (Lipinski definition) is 0. The van der Waals surface area contributed by atoms with E-state index in [-0.39, 0.29) is 16.8 Å². The molecule has 1 atom stereocenters. The van der Waals surface area contributed by atoms with Gasteiger partial charge in [-0.1, -0.05) is 56.1 Å². The molecule has 0 saturated heterocycles. The molecule has 1 unspecified atom stereocenters. The Balaban J connectivity index is 2.31. The van der Waals surface area contributed by atoms with Crippen LogP contribution in [0.1, 0.15) is 21.5 Å². The molecule has 2 aromatic carbocycles. The van der Waals surface area contributed by atoms with Crippen LogP contribution in [-0.4, -0.2) is 0 Å². The van der Waals surface area contributed by atoms with Gasteiger partial charge >= 0.3 is 0 Å². The molecule has 0 aliphatic carbocycles. The first-order chi connectivity index (χ1) is 9.00. The Labute approximate surface area is 128 Å². The molecule has 0 fully saturated rings. The van der Waals surface area contributed by atoms with Gasteiger partial charge in [0.1, 0.15) is 11.6 Å². The van der Waals surface area contributed by atoms with E-state index >= 15 is 0 Å². The normalized spacial score (nSPS) is 12.5. The fraction of sp³-hybridized carbons (Fsp3) is 0.200. The van der Waals surface area contributed by atoms with E-state index < -0.39 is 11.6 Å². The van der Waals surface area contributed by atoms with Crippen molar-refractivity contribution in [1.29, 1.82) is 0 Å². The molecule has 19 heavy (non-hydrogen) atoms. The molecule has 2 aromatic rings. The summed E-state index contributed by atoms with van der Waals surface area (Å²) in [6.45, 7) is 1.98. The van der Waals surface area contributed by atoms with Crippen molar-refractivity contribution in [2.24, 2.45) is 0 Å². The summed E-state index contributed by atoms with van der Waals surface area (Å²) in [5.74, 6) is -1.01. The molecule has 0 aliphatic heterocycles. The van der Waals surface area contributed by atoms with Gasteiger partial charge in [-0.25, -0.2) is 8.78 Å². The lowest BCUT2D eigenvalue weighted by Crippen LogP contribution is -2.02. The van der Waals surface area contributed by atoms with E-state index in [2.05, 4.69) is 31.9 Å². The number of halogens is 4. The smallest absolute Gasteiger partial charge is 0.129 e. The van der Waals surface area contributed by atoms with E-state index in [1.165, 1.54) is 18.2 Å². The van der Waals surface area contributed by atoms with E-state index in [0.717, 1.165) is 15.6 Å². The third kappa shape index (κ3) is 3.23. The highest BCUT2D eigenvalue weighted by atomic mass is 79.9. The summed E-state index contributed by atoms with van der Waals surface area (Å²) < 4.78 is 28.2. The van der Waals surface area contributed by atoms with Gasteiger partial charge in [0.15, 0.2) is 0 Å². The van der Waals surface area contributed by atoms with Crippen molar-refractivity contribution in [3.63, 3.8) is 0 Å². The van der Waals surface area contributed by atoms with Gasteiger partial charge in [-0.15, -0.1) is 0 Å². The van der Waals surface area contributed by atoms with Crippen molar-refractivity contribution >= 4 is 31.9 Å². The molecule has 0 aliphatic rings. The molecule has 0 N–H and O–H groups in total. The van der Waals surface area contributed by atoms with Gasteiger partial charge < -0.3 is 0 Å². The summed E-state index contributed by atoms with van der Waals surface area (Å²) in [6, 6.07) is 9.79. The highest BCUT2D eigenvalue weighted by Gasteiger charge is 2.17. The SMILES string of the molecule is Cc1cccc(C(Br)Cc2c(F)cccc2F)c1Br. The van der Waals surface area contributed by atoms with Crippen molar-refractivity contribution in [1.82, 2.24) is 0 Å². The lowest BCUT2D eigenvalue weighted by Gasteiger charge is -2.14. The Hall–Kier alpha value is -0.740. The van der Waals surface area contributed by atoms with Crippen LogP contribution in [0.3, 0.4) is 0 Å². The predicted octanol–water partition coefficient (Wildman–Crippen LogP) is 5.71. The van der Waals surface area contributed by atoms with Crippen LogP contribution in [0.25, 0.3) is 0 Å². The quantitative estimate of drug-likeness (QED) is 0.589. The van der Waals surface area contributed by atoms with Crippen LogP contribution in [0.5, 0.6) is 0 Å². The third-order valence-electron chi connectivity index (χ3n) is 3.00. The molecule has 0 amide bonds. The molecule has 2 rings (SSSR count). The van der Waals surface area contributed by atoms with Crippen LogP contribution in [-0.2, 0) is 6.42 Å². The van der Waals surface area contributed by atoms with E-state index in [1.54, 1.807) is 0 Å². The molecular formula is C15H12Br2F2. The molecule has 0 spiro atoms. The largest absolute Gasteiger partial charge is 0.207 e. The standard InChI is InChI=1S/C15H12Br2F2/c1-9-4-2-5-10(15(9)17)12(16)8-11-13(18)6-3-7-14(11)19/h2-7,12H,8H2,1H3. The summed E-state index contributed by atoms with van der Waals surface area (Å²) in [4.78, 5) is -0.145. The average Bonchev–Trinajstić information content (AvgIpc) is 2.37. The summed E-state index contributed by atoms with van der Waals surface area (Å²) >= 11 is 7.03. The monoisotopic (exact) mass is 388 g/mol. The molecule has 4 heteroatoms. The third-order valence-corrected chi connectivity index (χ3v) is 4.90. The highest BCUT2D eigenvalue weighted by molar-refractivity contribution is 9.11. The average molecular weight is 390 g/mol. The molecule has 0 nitrogen and oxygen atoms in total. The molecular weight excluding hydrogens is 378 g/mol. The Kier molecular flexibility index (Phi) is 4.74. The fourth-order valence-electron chi connectivity index (χ4n) is 1.93. The van der Waals surface area contributed by atoms with Gasteiger partial charge in [-0.05, 0) is 36.6 Å². The minimum atomic E-state index is -0.506. The van der Waals surface area contributed by atoms with Gasteiger partial charge in [0, 0.05) is 14.9 Å². The number of rotatable bonds is 3. The van der Waals surface area contributed by atoms with E-state index in [1.807, 2.05) is 25.1 Å². The topological polar surface area (TPSA) is 0 Å². The van der Waals surface area contributed by atoms with E-state index in [4.69, 9.17) is 0 Å². The van der Waals surface area contributed by atoms with Gasteiger partial charge in [-0.2, -0.15) is 0 Å². The molecule has 100 valence electrons. The zero-order valence-corrected chi connectivity index (χ0v) is 13.4. The first-order valence-electron chi connectivity index (χ1n) is 5.82. The molecule has 0 heterocycles. The Morgan fingerprint density at radius 1 is 1.05 bits per heavy atom. The van der Waals surface area contributed by atoms with E-state index in [0.29, 0.717) is 0 Å². The van der Waals surface area contributed by atoms with Crippen molar-refractivity contribution < 1.29 is 8.78 Å². The minimum absolute atomic E-state index is 0.109. The maximum absolute atomic E-state index is 13.6. The summed E-state index contributed by atoms with van der Waals surface area (Å²) in [7, 11) is 0. The number of hydrogen-bond donors (Lipinski definition) is 0. The summed E-state index contributed by atoms with van der Waals surface area (Å²) in [6.07, 6.45) is 0.264. The van der Waals surface area contributed by atoms with Crippen LogP contribution in [0.15, 0.2) is 40.9 Å². The van der Waals surface area contributed by atoms with Gasteiger partial charge in [0.2, 0.25) is 0 Å². The van der Waals surface area contributed by atoms with Crippen LogP contribution in [0.4, 0.5) is 8.78 Å². The Bertz CT molecular complexity index is 576. The Morgan fingerprint density at radius 3 is 2.26 bits per heavy atom. The highest BCUT2D eigenvalue weighted by Crippen LogP contribution is 2.35. The summed E-state index contributed by atoms with van der Waals surface area (Å²) in [5.41, 5.74) is 2.19. The predicted molar refractivity (Wildman–Crippen MR) is 80.6 cm³/mol. The Morgan fingerprint density at radius 2 is 1.63 bits per heavy atom. The second-order valence-corrected chi connectivity index (χ2v) is 6.25. The van der Waals surface area contributed by atoms with Gasteiger partial charge in [0.25, 0.3) is 0 Å². The van der Waals surface area contributed by atoms with E-state index in [9.17, 15) is 8.78 Å². The van der Waals surface area contributed by atoms with Gasteiger partial charge in [-0.3, -0.25) is 0 Å². The zero-order valence-electron chi connectivity index (χ0n) is 10.3. The molecule has 0 bridgehead atoms. The lowest BCUT2D eigenvalue weighted by atomic mass is 10.0. The van der Waals surface area contributed by atoms with Crippen molar-refractivity contribution in [2.45, 2.75) is 18.2 Å².